The minimum Gasteiger partial charge on any atom is -0.381 e. The van der Waals surface area contributed by atoms with Crippen LogP contribution in [0.15, 0.2) is 4.99 Å². The van der Waals surface area contributed by atoms with Gasteiger partial charge in [0.1, 0.15) is 0 Å². The molecule has 1 heterocycles. The average Bonchev–Trinajstić information content (AvgIpc) is 2.75. The Balaban J connectivity index is 0.00000484. The van der Waals surface area contributed by atoms with Crippen LogP contribution in [0.1, 0.15) is 43.1 Å². The van der Waals surface area contributed by atoms with Crippen molar-refractivity contribution in [3.05, 3.63) is 17.0 Å². The molecule has 0 unspecified atom stereocenters. The van der Waals surface area contributed by atoms with Crippen molar-refractivity contribution in [2.45, 2.75) is 46.6 Å². The number of guanidine groups is 1. The highest BCUT2D eigenvalue weighted by Gasteiger charge is 2.09. The van der Waals surface area contributed by atoms with Gasteiger partial charge in [0.25, 0.3) is 0 Å². The van der Waals surface area contributed by atoms with Crippen molar-refractivity contribution in [1.29, 1.82) is 0 Å². The molecule has 0 aliphatic rings. The Bertz CT molecular complexity index is 473. The first-order valence-corrected chi connectivity index (χ1v) is 8.11. The van der Waals surface area contributed by atoms with Crippen LogP contribution in [0.25, 0.3) is 0 Å². The summed E-state index contributed by atoms with van der Waals surface area (Å²) in [5, 5.41) is 11.1. The highest BCUT2D eigenvalue weighted by atomic mass is 127. The quantitative estimate of drug-likeness (QED) is 0.270. The zero-order valence-electron chi connectivity index (χ0n) is 15.1. The van der Waals surface area contributed by atoms with E-state index in [2.05, 4.69) is 34.6 Å². The number of ether oxygens (including phenoxy) is 1. The van der Waals surface area contributed by atoms with E-state index >= 15 is 0 Å². The number of nitrogens with zero attached hydrogens (tertiary/aromatic N) is 3. The number of unbranched alkanes of at least 4 members (excludes halogenated alkanes) is 1. The molecule has 0 atom stereocenters. The van der Waals surface area contributed by atoms with E-state index in [1.165, 1.54) is 17.7 Å². The Hall–Kier alpha value is -0.830. The van der Waals surface area contributed by atoms with Crippen LogP contribution in [0, 0.1) is 13.8 Å². The van der Waals surface area contributed by atoms with Crippen molar-refractivity contribution in [2.75, 3.05) is 26.8 Å². The van der Waals surface area contributed by atoms with Gasteiger partial charge in [0, 0.05) is 51.7 Å². The maximum Gasteiger partial charge on any atom is 0.191 e. The molecule has 0 amide bonds. The summed E-state index contributed by atoms with van der Waals surface area (Å²) in [5.74, 6) is 0.816. The van der Waals surface area contributed by atoms with Crippen LogP contribution in [-0.2, 0) is 18.3 Å². The maximum atomic E-state index is 5.54. The molecular weight excluding hydrogens is 405 g/mol. The van der Waals surface area contributed by atoms with Gasteiger partial charge in [-0.2, -0.15) is 5.10 Å². The Kier molecular flexibility index (Phi) is 12.1. The maximum absolute atomic E-state index is 5.54. The van der Waals surface area contributed by atoms with Crippen molar-refractivity contribution in [3.63, 3.8) is 0 Å². The summed E-state index contributed by atoms with van der Waals surface area (Å²) in [4.78, 5) is 4.24. The van der Waals surface area contributed by atoms with Gasteiger partial charge in [-0.25, -0.2) is 0 Å². The van der Waals surface area contributed by atoms with E-state index in [0.717, 1.165) is 50.8 Å². The molecule has 0 aromatic carbocycles. The lowest BCUT2D eigenvalue weighted by Crippen LogP contribution is -2.37. The molecule has 1 rings (SSSR count). The van der Waals surface area contributed by atoms with Crippen molar-refractivity contribution in [1.82, 2.24) is 20.4 Å². The number of aromatic nitrogens is 2. The number of aliphatic imine (C=N–C) groups is 1. The van der Waals surface area contributed by atoms with Crippen LogP contribution in [0.4, 0.5) is 0 Å². The summed E-state index contributed by atoms with van der Waals surface area (Å²) < 4.78 is 7.45. The lowest BCUT2D eigenvalue weighted by Gasteiger charge is -2.12. The zero-order valence-corrected chi connectivity index (χ0v) is 17.4. The van der Waals surface area contributed by atoms with E-state index in [1.54, 1.807) is 7.05 Å². The van der Waals surface area contributed by atoms with Gasteiger partial charge in [0.05, 0.1) is 5.69 Å². The first kappa shape index (κ1) is 22.2. The fourth-order valence-corrected chi connectivity index (χ4v) is 2.20. The molecular formula is C16H32IN5O. The van der Waals surface area contributed by atoms with Crippen LogP contribution < -0.4 is 10.6 Å². The Morgan fingerprint density at radius 3 is 2.48 bits per heavy atom. The van der Waals surface area contributed by atoms with Gasteiger partial charge in [-0.15, -0.1) is 24.0 Å². The summed E-state index contributed by atoms with van der Waals surface area (Å²) in [6, 6.07) is 0. The molecule has 0 spiro atoms. The predicted molar refractivity (Wildman–Crippen MR) is 107 cm³/mol. The molecule has 0 fully saturated rings. The van der Waals surface area contributed by atoms with Gasteiger partial charge in [-0.3, -0.25) is 9.67 Å². The van der Waals surface area contributed by atoms with E-state index in [4.69, 9.17) is 4.74 Å². The Morgan fingerprint density at radius 2 is 1.91 bits per heavy atom. The van der Waals surface area contributed by atoms with Crippen molar-refractivity contribution >= 4 is 29.9 Å². The lowest BCUT2D eigenvalue weighted by atomic mass is 10.2. The van der Waals surface area contributed by atoms with Gasteiger partial charge >= 0.3 is 0 Å². The summed E-state index contributed by atoms with van der Waals surface area (Å²) in [5.41, 5.74) is 3.48. The zero-order chi connectivity index (χ0) is 16.4. The van der Waals surface area contributed by atoms with Gasteiger partial charge in [0.15, 0.2) is 5.96 Å². The minimum absolute atomic E-state index is 0. The van der Waals surface area contributed by atoms with Crippen molar-refractivity contribution < 1.29 is 4.74 Å². The van der Waals surface area contributed by atoms with E-state index in [9.17, 15) is 0 Å². The molecule has 6 nitrogen and oxygen atoms in total. The second-order valence-corrected chi connectivity index (χ2v) is 5.45. The van der Waals surface area contributed by atoms with Crippen LogP contribution >= 0.6 is 24.0 Å². The summed E-state index contributed by atoms with van der Waals surface area (Å²) in [6.07, 6.45) is 3.30. The monoisotopic (exact) mass is 437 g/mol. The average molecular weight is 437 g/mol. The number of rotatable bonds is 9. The van der Waals surface area contributed by atoms with Gasteiger partial charge in [-0.1, -0.05) is 13.3 Å². The molecule has 134 valence electrons. The molecule has 0 aliphatic carbocycles. The standard InChI is InChI=1S/C16H31N5O.HI/c1-6-7-10-22-11-8-9-18-16(17-4)19-12-15-13(2)20-21(5)14(15)3;/h6-12H2,1-5H3,(H2,17,18,19);1H. The molecule has 1 aromatic rings. The fraction of sp³-hybridized carbons (Fsp3) is 0.750. The smallest absolute Gasteiger partial charge is 0.191 e. The van der Waals surface area contributed by atoms with Crippen LogP contribution in [0.5, 0.6) is 0 Å². The lowest BCUT2D eigenvalue weighted by molar-refractivity contribution is 0.129. The molecule has 0 saturated heterocycles. The first-order chi connectivity index (χ1) is 10.6. The Morgan fingerprint density at radius 1 is 1.22 bits per heavy atom. The number of nitrogens with one attached hydrogen (secondary N) is 2. The highest BCUT2D eigenvalue weighted by molar-refractivity contribution is 14.0. The number of halogens is 1. The predicted octanol–water partition coefficient (Wildman–Crippen LogP) is 2.53. The van der Waals surface area contributed by atoms with Crippen LogP contribution in [0.3, 0.4) is 0 Å². The molecule has 0 radical (unpaired) electrons. The molecule has 0 bridgehead atoms. The normalized spacial score (nSPS) is 11.3. The molecule has 0 saturated carbocycles. The van der Waals surface area contributed by atoms with Crippen molar-refractivity contribution in [2.24, 2.45) is 12.0 Å². The number of aryl methyl sites for hydroxylation is 2. The molecule has 1 aromatic heterocycles. The van der Waals surface area contributed by atoms with E-state index in [0.29, 0.717) is 0 Å². The molecule has 23 heavy (non-hydrogen) atoms. The SMILES string of the molecule is CCCCOCCCNC(=NC)NCc1c(C)nn(C)c1C.I. The number of hydrogen-bond acceptors (Lipinski definition) is 3. The third-order valence-electron chi connectivity index (χ3n) is 3.72. The van der Waals surface area contributed by atoms with Crippen LogP contribution in [-0.4, -0.2) is 42.5 Å². The van der Waals surface area contributed by atoms with Crippen LogP contribution in [0.2, 0.25) is 0 Å². The van der Waals surface area contributed by atoms with Gasteiger partial charge < -0.3 is 15.4 Å². The summed E-state index contributed by atoms with van der Waals surface area (Å²) >= 11 is 0. The third-order valence-corrected chi connectivity index (χ3v) is 3.72. The first-order valence-electron chi connectivity index (χ1n) is 8.11. The second kappa shape index (κ2) is 12.6. The van der Waals surface area contributed by atoms with Crippen molar-refractivity contribution in [3.8, 4) is 0 Å². The molecule has 7 heteroatoms. The number of hydrogen-bond donors (Lipinski definition) is 2. The fourth-order valence-electron chi connectivity index (χ4n) is 2.20. The summed E-state index contributed by atoms with van der Waals surface area (Å²) in [6.45, 7) is 9.55. The minimum atomic E-state index is 0. The third kappa shape index (κ3) is 8.01. The van der Waals surface area contributed by atoms with Gasteiger partial charge in [-0.05, 0) is 26.7 Å². The van der Waals surface area contributed by atoms with Gasteiger partial charge in [0.2, 0.25) is 0 Å². The molecule has 2 N–H and O–H groups in total. The summed E-state index contributed by atoms with van der Waals surface area (Å²) in [7, 11) is 3.76. The highest BCUT2D eigenvalue weighted by Crippen LogP contribution is 2.10. The largest absolute Gasteiger partial charge is 0.381 e. The Labute approximate surface area is 157 Å². The van der Waals surface area contributed by atoms with E-state index < -0.39 is 0 Å². The topological polar surface area (TPSA) is 63.5 Å². The van der Waals surface area contributed by atoms with E-state index in [1.807, 2.05) is 18.7 Å². The molecule has 0 aliphatic heterocycles. The second-order valence-electron chi connectivity index (χ2n) is 5.45. The van der Waals surface area contributed by atoms with E-state index in [-0.39, 0.29) is 24.0 Å².